The number of fused-ring (bicyclic) bond motifs is 1. The summed E-state index contributed by atoms with van der Waals surface area (Å²) in [5.41, 5.74) is 17.6. The second-order valence-electron chi connectivity index (χ2n) is 7.76. The number of carbonyl (C=O) groups is 1. The number of rotatable bonds is 7. The molecule has 4 aromatic rings. The highest BCUT2D eigenvalue weighted by Gasteiger charge is 2.17. The molecule has 2 aromatic carbocycles. The topological polar surface area (TPSA) is 105 Å². The molecule has 2 amide bonds. The Bertz CT molecular complexity index is 1250. The van der Waals surface area contributed by atoms with E-state index >= 15 is 0 Å². The van der Waals surface area contributed by atoms with Crippen LogP contribution in [-0.2, 0) is 6.42 Å². The van der Waals surface area contributed by atoms with Gasteiger partial charge < -0.3 is 16.6 Å². The van der Waals surface area contributed by atoms with Gasteiger partial charge in [-0.25, -0.2) is 9.78 Å². The van der Waals surface area contributed by atoms with E-state index in [2.05, 4.69) is 10.4 Å². The molecule has 32 heavy (non-hydrogen) atoms. The van der Waals surface area contributed by atoms with Crippen LogP contribution in [0.15, 0.2) is 60.1 Å². The molecule has 7 heteroatoms. The highest BCUT2D eigenvalue weighted by molar-refractivity contribution is 7.18. The molecule has 2 aromatic heterocycles. The van der Waals surface area contributed by atoms with Crippen LogP contribution in [0.2, 0.25) is 0 Å². The number of hydrogen-bond acceptors (Lipinski definition) is 5. The number of pyridine rings is 1. The fourth-order valence-electron chi connectivity index (χ4n) is 3.90. The average Bonchev–Trinajstić information content (AvgIpc) is 3.22. The summed E-state index contributed by atoms with van der Waals surface area (Å²) in [4.78, 5) is 18.1. The van der Waals surface area contributed by atoms with Crippen molar-refractivity contribution >= 4 is 44.6 Å². The average molecular weight is 447 g/mol. The van der Waals surface area contributed by atoms with Crippen molar-refractivity contribution in [3.63, 3.8) is 0 Å². The van der Waals surface area contributed by atoms with Crippen LogP contribution in [0.25, 0.3) is 21.2 Å². The molecule has 4 rings (SSSR count). The number of aromatic nitrogens is 1. The molecule has 0 atom stereocenters. The standard InChI is InChI=1S/C25H26N4O2S/c1-16-5-4-7-20(13-16)29(25(27)31)19-10-8-17(9-11-19)21-15-32-23-18(6-2-3-12-30)14-28-24(26)22(21)23/h4-5,7-11,13-15,30H,2-3,6,12H2,1H3,(H2,26,28)(H2,27,31). The van der Waals surface area contributed by atoms with Crippen LogP contribution in [0.4, 0.5) is 22.0 Å². The molecule has 0 saturated heterocycles. The van der Waals surface area contributed by atoms with Gasteiger partial charge in [0.05, 0.1) is 11.4 Å². The largest absolute Gasteiger partial charge is 0.396 e. The van der Waals surface area contributed by atoms with Crippen molar-refractivity contribution < 1.29 is 9.90 Å². The quantitative estimate of drug-likeness (QED) is 0.331. The van der Waals surface area contributed by atoms with E-state index in [-0.39, 0.29) is 6.61 Å². The van der Waals surface area contributed by atoms with Gasteiger partial charge in [0.15, 0.2) is 0 Å². The van der Waals surface area contributed by atoms with E-state index in [0.717, 1.165) is 57.3 Å². The maximum atomic E-state index is 12.2. The molecule has 5 N–H and O–H groups in total. The van der Waals surface area contributed by atoms with Gasteiger partial charge in [0.1, 0.15) is 5.82 Å². The van der Waals surface area contributed by atoms with Crippen LogP contribution in [0.5, 0.6) is 0 Å². The summed E-state index contributed by atoms with van der Waals surface area (Å²) < 4.78 is 1.13. The minimum Gasteiger partial charge on any atom is -0.396 e. The molecule has 0 unspecified atom stereocenters. The predicted octanol–water partition coefficient (Wildman–Crippen LogP) is 5.39. The number of hydrogen-bond donors (Lipinski definition) is 3. The number of nitrogens with zero attached hydrogens (tertiary/aromatic N) is 2. The van der Waals surface area contributed by atoms with Gasteiger partial charge in [-0.05, 0) is 72.5 Å². The Morgan fingerprint density at radius 3 is 2.59 bits per heavy atom. The molecular formula is C25H26N4O2S. The Morgan fingerprint density at radius 2 is 1.91 bits per heavy atom. The van der Waals surface area contributed by atoms with Crippen LogP contribution in [0, 0.1) is 6.92 Å². The van der Waals surface area contributed by atoms with Crippen molar-refractivity contribution in [1.29, 1.82) is 0 Å². The lowest BCUT2D eigenvalue weighted by atomic mass is 10.0. The minimum absolute atomic E-state index is 0.193. The van der Waals surface area contributed by atoms with E-state index in [1.54, 1.807) is 11.3 Å². The van der Waals surface area contributed by atoms with Crippen molar-refractivity contribution in [2.24, 2.45) is 5.73 Å². The number of aliphatic hydroxyl groups is 1. The van der Waals surface area contributed by atoms with E-state index in [0.29, 0.717) is 11.5 Å². The monoisotopic (exact) mass is 446 g/mol. The number of anilines is 3. The van der Waals surface area contributed by atoms with Crippen LogP contribution in [-0.4, -0.2) is 22.7 Å². The fourth-order valence-corrected chi connectivity index (χ4v) is 5.03. The summed E-state index contributed by atoms with van der Waals surface area (Å²) in [6, 6.07) is 14.9. The molecular weight excluding hydrogens is 420 g/mol. The summed E-state index contributed by atoms with van der Waals surface area (Å²) in [6.45, 7) is 2.17. The van der Waals surface area contributed by atoms with Crippen molar-refractivity contribution in [2.45, 2.75) is 26.2 Å². The number of nitrogens with two attached hydrogens (primary N) is 2. The SMILES string of the molecule is Cc1cccc(N(C(N)=O)c2ccc(-c3csc4c(CCCCO)cnc(N)c34)cc2)c1. The second-order valence-corrected chi connectivity index (χ2v) is 8.64. The van der Waals surface area contributed by atoms with E-state index in [1.807, 2.05) is 61.7 Å². The number of aryl methyl sites for hydroxylation is 2. The molecule has 0 bridgehead atoms. The normalized spacial score (nSPS) is 11.1. The molecule has 0 saturated carbocycles. The first-order valence-electron chi connectivity index (χ1n) is 10.5. The third-order valence-electron chi connectivity index (χ3n) is 5.47. The van der Waals surface area contributed by atoms with Crippen LogP contribution < -0.4 is 16.4 Å². The first-order valence-corrected chi connectivity index (χ1v) is 11.4. The Balaban J connectivity index is 1.70. The van der Waals surface area contributed by atoms with Crippen molar-refractivity contribution in [3.8, 4) is 11.1 Å². The number of primary amides is 1. The van der Waals surface area contributed by atoms with E-state index in [9.17, 15) is 4.79 Å². The predicted molar refractivity (Wildman–Crippen MR) is 132 cm³/mol. The number of thiophene rings is 1. The number of carbonyl (C=O) groups excluding carboxylic acids is 1. The third kappa shape index (κ3) is 4.30. The second kappa shape index (κ2) is 9.38. The van der Waals surface area contributed by atoms with Gasteiger partial charge in [-0.15, -0.1) is 11.3 Å². The molecule has 164 valence electrons. The van der Waals surface area contributed by atoms with Gasteiger partial charge in [0.25, 0.3) is 0 Å². The zero-order valence-electron chi connectivity index (χ0n) is 17.9. The van der Waals surface area contributed by atoms with E-state index in [1.165, 1.54) is 4.90 Å². The van der Waals surface area contributed by atoms with E-state index < -0.39 is 6.03 Å². The first kappa shape index (κ1) is 21.8. The van der Waals surface area contributed by atoms with Crippen molar-refractivity contribution in [2.75, 3.05) is 17.2 Å². The molecule has 0 aliphatic heterocycles. The Hall–Kier alpha value is -3.42. The number of amides is 2. The molecule has 0 aliphatic carbocycles. The maximum Gasteiger partial charge on any atom is 0.323 e. The summed E-state index contributed by atoms with van der Waals surface area (Å²) in [5, 5.41) is 12.1. The highest BCUT2D eigenvalue weighted by Crippen LogP contribution is 2.39. The van der Waals surface area contributed by atoms with E-state index in [4.69, 9.17) is 16.6 Å². The lowest BCUT2D eigenvalue weighted by molar-refractivity contribution is 0.256. The Morgan fingerprint density at radius 1 is 1.12 bits per heavy atom. The number of benzene rings is 2. The van der Waals surface area contributed by atoms with Gasteiger partial charge in [-0.1, -0.05) is 24.3 Å². The smallest absolute Gasteiger partial charge is 0.323 e. The number of aliphatic hydroxyl groups excluding tert-OH is 1. The van der Waals surface area contributed by atoms with Gasteiger partial charge in [-0.3, -0.25) is 4.90 Å². The molecule has 0 spiro atoms. The summed E-state index contributed by atoms with van der Waals surface area (Å²) >= 11 is 1.65. The lowest BCUT2D eigenvalue weighted by Gasteiger charge is -2.21. The Labute approximate surface area is 191 Å². The number of nitrogen functional groups attached to an aromatic ring is 1. The zero-order chi connectivity index (χ0) is 22.7. The third-order valence-corrected chi connectivity index (χ3v) is 6.52. The fraction of sp³-hybridized carbons (Fsp3) is 0.200. The molecule has 0 fully saturated rings. The van der Waals surface area contributed by atoms with Gasteiger partial charge in [-0.2, -0.15) is 0 Å². The first-order chi connectivity index (χ1) is 15.5. The lowest BCUT2D eigenvalue weighted by Crippen LogP contribution is -2.31. The Kier molecular flexibility index (Phi) is 6.39. The zero-order valence-corrected chi connectivity index (χ0v) is 18.7. The van der Waals surface area contributed by atoms with Crippen LogP contribution in [0.3, 0.4) is 0 Å². The summed E-state index contributed by atoms with van der Waals surface area (Å²) in [6.07, 6.45) is 4.36. The van der Waals surface area contributed by atoms with Crippen molar-refractivity contribution in [3.05, 3.63) is 71.2 Å². The van der Waals surface area contributed by atoms with Crippen molar-refractivity contribution in [1.82, 2.24) is 4.98 Å². The van der Waals surface area contributed by atoms with Gasteiger partial charge in [0, 0.05) is 28.5 Å². The minimum atomic E-state index is -0.537. The van der Waals surface area contributed by atoms with Gasteiger partial charge >= 0.3 is 6.03 Å². The summed E-state index contributed by atoms with van der Waals surface area (Å²) in [5.74, 6) is 0.504. The molecule has 2 heterocycles. The van der Waals surface area contributed by atoms with Crippen LogP contribution in [0.1, 0.15) is 24.0 Å². The maximum absolute atomic E-state index is 12.2. The highest BCUT2D eigenvalue weighted by atomic mass is 32.1. The molecule has 0 radical (unpaired) electrons. The summed E-state index contributed by atoms with van der Waals surface area (Å²) in [7, 11) is 0. The number of unbranched alkanes of at least 4 members (excludes halogenated alkanes) is 1. The molecule has 6 nitrogen and oxygen atoms in total. The number of urea groups is 1. The van der Waals surface area contributed by atoms with Gasteiger partial charge in [0.2, 0.25) is 0 Å². The molecule has 0 aliphatic rings. The van der Waals surface area contributed by atoms with Crippen LogP contribution >= 0.6 is 11.3 Å².